The number of benzene rings is 1. The van der Waals surface area contributed by atoms with Gasteiger partial charge in [0.25, 0.3) is 0 Å². The van der Waals surface area contributed by atoms with E-state index in [9.17, 15) is 13.6 Å². The molecule has 1 unspecified atom stereocenters. The maximum Gasteiger partial charge on any atom is 0.173 e. The molecule has 19 heavy (non-hydrogen) atoms. The minimum Gasteiger partial charge on any atom is -0.369 e. The summed E-state index contributed by atoms with van der Waals surface area (Å²) < 4.78 is 26.2. The summed E-state index contributed by atoms with van der Waals surface area (Å²) in [5.41, 5.74) is -0.0982. The van der Waals surface area contributed by atoms with E-state index in [2.05, 4.69) is 24.2 Å². The number of hydrogen-bond donors (Lipinski definition) is 1. The topological polar surface area (TPSA) is 41.5 Å². The van der Waals surface area contributed by atoms with Gasteiger partial charge in [0.2, 0.25) is 0 Å². The highest BCUT2D eigenvalue weighted by atomic mass is 19.1. The first-order chi connectivity index (χ1) is 8.97. The van der Waals surface area contributed by atoms with E-state index in [0.717, 1.165) is 6.07 Å². The van der Waals surface area contributed by atoms with E-state index in [1.165, 1.54) is 6.07 Å². The predicted molar refractivity (Wildman–Crippen MR) is 69.4 cm³/mol. The van der Waals surface area contributed by atoms with Crippen molar-refractivity contribution in [3.8, 4) is 0 Å². The Balaban J connectivity index is 2.02. The molecule has 0 aromatic heterocycles. The van der Waals surface area contributed by atoms with Gasteiger partial charge in [-0.05, 0) is 18.1 Å². The van der Waals surface area contributed by atoms with Crippen LogP contribution in [0, 0.1) is 17.6 Å². The highest BCUT2D eigenvalue weighted by molar-refractivity contribution is 6.09. The fourth-order valence-electron chi connectivity index (χ4n) is 1.96. The van der Waals surface area contributed by atoms with E-state index in [4.69, 9.17) is 0 Å². The molecule has 3 nitrogen and oxygen atoms in total. The molecule has 2 rings (SSSR count). The molecular weight excluding hydrogens is 250 g/mol. The molecule has 0 fully saturated rings. The molecule has 0 radical (unpaired) electrons. The summed E-state index contributed by atoms with van der Waals surface area (Å²) in [5.74, 6) is -0.922. The van der Waals surface area contributed by atoms with Crippen LogP contribution in [0.5, 0.6) is 0 Å². The van der Waals surface area contributed by atoms with Gasteiger partial charge in [-0.2, -0.15) is 0 Å². The monoisotopic (exact) mass is 266 g/mol. The molecule has 0 saturated carbocycles. The number of Topliss-reactive ketones (excluding diaryl/α,β-unsaturated/α-hetero) is 1. The number of rotatable bonds is 4. The third-order valence-electron chi connectivity index (χ3n) is 3.20. The fraction of sp³-hybridized carbons (Fsp3) is 0.429. The molecular formula is C14H16F2N2O. The van der Waals surface area contributed by atoms with Gasteiger partial charge >= 0.3 is 0 Å². The average Bonchev–Trinajstić information content (AvgIpc) is 2.77. The Bertz CT molecular complexity index is 526. The number of halogens is 2. The Kier molecular flexibility index (Phi) is 3.93. The largest absolute Gasteiger partial charge is 0.369 e. The Morgan fingerprint density at radius 1 is 1.47 bits per heavy atom. The number of nitrogens with zero attached hydrogens (tertiary/aromatic N) is 1. The highest BCUT2D eigenvalue weighted by Crippen LogP contribution is 2.14. The van der Waals surface area contributed by atoms with E-state index in [-0.39, 0.29) is 18.0 Å². The lowest BCUT2D eigenvalue weighted by Crippen LogP contribution is -2.35. The maximum absolute atomic E-state index is 13.5. The van der Waals surface area contributed by atoms with Gasteiger partial charge in [0.15, 0.2) is 5.78 Å². The van der Waals surface area contributed by atoms with Crippen molar-refractivity contribution in [2.24, 2.45) is 10.9 Å². The van der Waals surface area contributed by atoms with Gasteiger partial charge in [-0.1, -0.05) is 13.8 Å². The zero-order valence-corrected chi connectivity index (χ0v) is 10.9. The second kappa shape index (κ2) is 5.47. The number of carbonyl (C=O) groups is 1. The molecule has 1 atom stereocenters. The van der Waals surface area contributed by atoms with Crippen molar-refractivity contribution in [3.05, 3.63) is 35.4 Å². The van der Waals surface area contributed by atoms with Gasteiger partial charge < -0.3 is 5.32 Å². The molecule has 0 bridgehead atoms. The number of aliphatic imine (C=N–C) groups is 1. The molecule has 0 saturated heterocycles. The van der Waals surface area contributed by atoms with E-state index in [0.29, 0.717) is 24.4 Å². The van der Waals surface area contributed by atoms with Crippen molar-refractivity contribution in [1.29, 1.82) is 0 Å². The van der Waals surface area contributed by atoms with Gasteiger partial charge in [0.05, 0.1) is 18.5 Å². The van der Waals surface area contributed by atoms with Gasteiger partial charge in [0.1, 0.15) is 17.5 Å². The van der Waals surface area contributed by atoms with E-state index in [1.807, 2.05) is 0 Å². The van der Waals surface area contributed by atoms with Crippen LogP contribution in [0.15, 0.2) is 23.2 Å². The molecule has 0 spiro atoms. The van der Waals surface area contributed by atoms with Crippen molar-refractivity contribution >= 4 is 11.6 Å². The average molecular weight is 266 g/mol. The van der Waals surface area contributed by atoms with Gasteiger partial charge in [-0.25, -0.2) is 8.78 Å². The molecule has 5 heteroatoms. The van der Waals surface area contributed by atoms with E-state index in [1.54, 1.807) is 0 Å². The Labute approximate surface area is 110 Å². The third kappa shape index (κ3) is 3.16. The molecule has 1 heterocycles. The van der Waals surface area contributed by atoms with Gasteiger partial charge in [-0.15, -0.1) is 0 Å². The summed E-state index contributed by atoms with van der Waals surface area (Å²) in [6, 6.07) is 3.19. The van der Waals surface area contributed by atoms with Crippen LogP contribution in [0.4, 0.5) is 8.78 Å². The molecule has 0 amide bonds. The Morgan fingerprint density at radius 2 is 2.21 bits per heavy atom. The molecule has 0 aliphatic carbocycles. The highest BCUT2D eigenvalue weighted by Gasteiger charge is 2.23. The summed E-state index contributed by atoms with van der Waals surface area (Å²) >= 11 is 0. The van der Waals surface area contributed by atoms with Crippen molar-refractivity contribution in [1.82, 2.24) is 5.32 Å². The maximum atomic E-state index is 13.5. The molecule has 1 aliphatic heterocycles. The Hall–Kier alpha value is -1.78. The SMILES string of the molecule is CC(C)C1CN=C(CC(=O)c2ccc(F)cc2F)N1. The lowest BCUT2D eigenvalue weighted by atomic mass is 10.0. The third-order valence-corrected chi connectivity index (χ3v) is 3.20. The summed E-state index contributed by atoms with van der Waals surface area (Å²) in [7, 11) is 0. The lowest BCUT2D eigenvalue weighted by molar-refractivity contribution is 0.0996. The minimum absolute atomic E-state index is 0.0196. The fourth-order valence-corrected chi connectivity index (χ4v) is 1.96. The van der Waals surface area contributed by atoms with Crippen LogP contribution < -0.4 is 5.32 Å². The second-order valence-corrected chi connectivity index (χ2v) is 5.01. The van der Waals surface area contributed by atoms with Crippen LogP contribution in [0.1, 0.15) is 30.6 Å². The Morgan fingerprint density at radius 3 is 2.79 bits per heavy atom. The van der Waals surface area contributed by atoms with Crippen LogP contribution in [-0.2, 0) is 0 Å². The smallest absolute Gasteiger partial charge is 0.173 e. The van der Waals surface area contributed by atoms with E-state index < -0.39 is 17.4 Å². The number of ketones is 1. The first-order valence-electron chi connectivity index (χ1n) is 6.25. The normalized spacial score (nSPS) is 18.4. The minimum atomic E-state index is -0.830. The lowest BCUT2D eigenvalue weighted by Gasteiger charge is -2.15. The van der Waals surface area contributed by atoms with Crippen LogP contribution in [0.25, 0.3) is 0 Å². The number of nitrogens with one attached hydrogen (secondary N) is 1. The predicted octanol–water partition coefficient (Wildman–Crippen LogP) is 2.56. The van der Waals surface area contributed by atoms with Crippen LogP contribution >= 0.6 is 0 Å². The van der Waals surface area contributed by atoms with Gasteiger partial charge in [0, 0.05) is 12.1 Å². The number of amidine groups is 1. The van der Waals surface area contributed by atoms with Crippen LogP contribution in [-0.4, -0.2) is 24.2 Å². The summed E-state index contributed by atoms with van der Waals surface area (Å²) in [5, 5.41) is 3.15. The summed E-state index contributed by atoms with van der Waals surface area (Å²) in [4.78, 5) is 16.2. The van der Waals surface area contributed by atoms with Crippen molar-refractivity contribution in [2.75, 3.05) is 6.54 Å². The molecule has 102 valence electrons. The standard InChI is InChI=1S/C14H16F2N2O/c1-8(2)12-7-17-14(18-12)6-13(19)10-4-3-9(15)5-11(10)16/h3-5,8,12H,6-7H2,1-2H3,(H,17,18). The zero-order valence-electron chi connectivity index (χ0n) is 10.9. The van der Waals surface area contributed by atoms with Crippen molar-refractivity contribution in [2.45, 2.75) is 26.3 Å². The summed E-state index contributed by atoms with van der Waals surface area (Å²) in [6.07, 6.45) is 0.0196. The molecule has 1 N–H and O–H groups in total. The van der Waals surface area contributed by atoms with Crippen LogP contribution in [0.2, 0.25) is 0 Å². The van der Waals surface area contributed by atoms with Crippen molar-refractivity contribution in [3.63, 3.8) is 0 Å². The summed E-state index contributed by atoms with van der Waals surface area (Å²) in [6.45, 7) is 4.77. The second-order valence-electron chi connectivity index (χ2n) is 5.01. The molecule has 1 aliphatic rings. The zero-order chi connectivity index (χ0) is 14.0. The number of hydrogen-bond acceptors (Lipinski definition) is 3. The van der Waals surface area contributed by atoms with Crippen molar-refractivity contribution < 1.29 is 13.6 Å². The first-order valence-corrected chi connectivity index (χ1v) is 6.25. The quantitative estimate of drug-likeness (QED) is 0.851. The number of carbonyl (C=O) groups excluding carboxylic acids is 1. The molecule has 1 aromatic rings. The van der Waals surface area contributed by atoms with Crippen LogP contribution in [0.3, 0.4) is 0 Å². The van der Waals surface area contributed by atoms with Gasteiger partial charge in [-0.3, -0.25) is 9.79 Å². The van der Waals surface area contributed by atoms with E-state index >= 15 is 0 Å². The molecule has 1 aromatic carbocycles. The first kappa shape index (κ1) is 13.6.